The predicted octanol–water partition coefficient (Wildman–Crippen LogP) is 6.33. The summed E-state index contributed by atoms with van der Waals surface area (Å²) in [5.74, 6) is 3.67. The van der Waals surface area contributed by atoms with Crippen molar-refractivity contribution in [3.63, 3.8) is 0 Å². The van der Waals surface area contributed by atoms with Gasteiger partial charge in [-0.05, 0) is 25.2 Å². The fraction of sp³-hybridized carbons (Fsp3) is 0.455. The van der Waals surface area contributed by atoms with E-state index >= 15 is 0 Å². The van der Waals surface area contributed by atoms with E-state index in [2.05, 4.69) is 64.7 Å². The van der Waals surface area contributed by atoms with E-state index in [4.69, 9.17) is 18.0 Å². The Labute approximate surface area is 147 Å². The van der Waals surface area contributed by atoms with E-state index < -0.39 is 0 Å². The monoisotopic (exact) mass is 328 g/mol. The molecule has 0 aliphatic heterocycles. The van der Waals surface area contributed by atoms with Crippen molar-refractivity contribution in [3.05, 3.63) is 60.8 Å². The smallest absolute Gasteiger partial charge is 0.0513 e. The zero-order valence-electron chi connectivity index (χ0n) is 14.7. The van der Waals surface area contributed by atoms with E-state index in [0.717, 1.165) is 17.6 Å². The fourth-order valence-electron chi connectivity index (χ4n) is 3.20. The Morgan fingerprint density at radius 1 is 1.52 bits per heavy atom. The van der Waals surface area contributed by atoms with Gasteiger partial charge in [0.1, 0.15) is 0 Å². The third-order valence-corrected chi connectivity index (χ3v) is 5.25. The normalized spacial score (nSPS) is 22.2. The molecule has 5 atom stereocenters. The van der Waals surface area contributed by atoms with E-state index in [1.165, 1.54) is 5.57 Å². The molecule has 124 valence electrons. The first-order chi connectivity index (χ1) is 10.8. The molecular weight excluding hydrogens is 300 g/mol. The van der Waals surface area contributed by atoms with E-state index in [0.29, 0.717) is 12.3 Å². The molecule has 1 heteroatoms. The number of allylic oxidation sites excluding steroid dienone is 7. The van der Waals surface area contributed by atoms with Gasteiger partial charge in [-0.15, -0.1) is 30.5 Å². The van der Waals surface area contributed by atoms with E-state index in [9.17, 15) is 0 Å². The Morgan fingerprint density at radius 3 is 2.65 bits per heavy atom. The van der Waals surface area contributed by atoms with Gasteiger partial charge >= 0.3 is 0 Å². The lowest BCUT2D eigenvalue weighted by atomic mass is 9.74. The molecule has 0 bridgehead atoms. The molecule has 0 aromatic rings. The molecule has 0 amide bonds. The Morgan fingerprint density at radius 2 is 2.17 bits per heavy atom. The highest BCUT2D eigenvalue weighted by Crippen LogP contribution is 2.40. The quantitative estimate of drug-likeness (QED) is 0.277. The van der Waals surface area contributed by atoms with Crippen LogP contribution in [0.4, 0.5) is 0 Å². The van der Waals surface area contributed by atoms with Crippen LogP contribution in [0.15, 0.2) is 60.8 Å². The van der Waals surface area contributed by atoms with Gasteiger partial charge < -0.3 is 0 Å². The van der Waals surface area contributed by atoms with Gasteiger partial charge in [0.15, 0.2) is 0 Å². The largest absolute Gasteiger partial charge is 0.121 e. The van der Waals surface area contributed by atoms with Gasteiger partial charge in [-0.25, -0.2) is 0 Å². The molecule has 23 heavy (non-hydrogen) atoms. The molecular formula is C22H29Cl. The lowest BCUT2D eigenvalue weighted by molar-refractivity contribution is 0.466. The zero-order chi connectivity index (χ0) is 17.6. The lowest BCUT2D eigenvalue weighted by Crippen LogP contribution is -2.30. The van der Waals surface area contributed by atoms with Crippen LogP contribution >= 0.6 is 11.6 Å². The highest BCUT2D eigenvalue weighted by Gasteiger charge is 2.33. The summed E-state index contributed by atoms with van der Waals surface area (Å²) < 4.78 is 0. The van der Waals surface area contributed by atoms with Crippen LogP contribution < -0.4 is 0 Å². The standard InChI is InChI=1S/C22H29Cl/c1-8-11-20(18(7)17(6)9-2)22(23)21(15(3)4)19-13-10-12-16(5)14-19/h1,9-10,12-13,16-17,20-22H,2-3,7,11,14H2,4-6H3. The van der Waals surface area contributed by atoms with Crippen LogP contribution in [0, 0.1) is 36.0 Å². The molecule has 5 unspecified atom stereocenters. The van der Waals surface area contributed by atoms with Crippen LogP contribution in [0.1, 0.15) is 33.6 Å². The van der Waals surface area contributed by atoms with Crippen molar-refractivity contribution in [2.75, 3.05) is 0 Å². The van der Waals surface area contributed by atoms with E-state index in [-0.39, 0.29) is 23.1 Å². The van der Waals surface area contributed by atoms with Gasteiger partial charge in [-0.1, -0.05) is 68.0 Å². The number of halogens is 1. The van der Waals surface area contributed by atoms with Crippen LogP contribution in [0.2, 0.25) is 0 Å². The number of hydrogen-bond donors (Lipinski definition) is 0. The minimum absolute atomic E-state index is 0.0541. The minimum Gasteiger partial charge on any atom is -0.121 e. The van der Waals surface area contributed by atoms with Gasteiger partial charge in [0.25, 0.3) is 0 Å². The molecule has 0 aromatic heterocycles. The number of alkyl halides is 1. The second-order valence-electron chi connectivity index (χ2n) is 6.69. The third kappa shape index (κ3) is 5.02. The Hall–Kier alpha value is -1.45. The minimum atomic E-state index is -0.136. The maximum Gasteiger partial charge on any atom is 0.0513 e. The second kappa shape index (κ2) is 8.99. The summed E-state index contributed by atoms with van der Waals surface area (Å²) in [5, 5.41) is -0.136. The predicted molar refractivity (Wildman–Crippen MR) is 104 cm³/mol. The maximum atomic E-state index is 6.95. The molecule has 1 rings (SSSR count). The summed E-state index contributed by atoms with van der Waals surface area (Å²) in [6, 6.07) is 0. The molecule has 1 aliphatic carbocycles. The van der Waals surface area contributed by atoms with Crippen molar-refractivity contribution < 1.29 is 0 Å². The lowest BCUT2D eigenvalue weighted by Gasteiger charge is -2.34. The molecule has 0 radical (unpaired) electrons. The van der Waals surface area contributed by atoms with Gasteiger partial charge in [0.05, 0.1) is 5.38 Å². The average Bonchev–Trinajstić information content (AvgIpc) is 2.50. The summed E-state index contributed by atoms with van der Waals surface area (Å²) in [6.45, 7) is 18.7. The third-order valence-electron chi connectivity index (χ3n) is 4.69. The highest BCUT2D eigenvalue weighted by molar-refractivity contribution is 6.21. The van der Waals surface area contributed by atoms with Gasteiger partial charge in [-0.3, -0.25) is 0 Å². The SMILES string of the molecule is C#CCC(C(=C)C(C)C=C)C(Cl)C(C(=C)C)C1=CC=CC(C)C1. The molecule has 0 N–H and O–H groups in total. The first kappa shape index (κ1) is 19.6. The Kier molecular flexibility index (Phi) is 7.66. The van der Waals surface area contributed by atoms with Crippen molar-refractivity contribution in [1.82, 2.24) is 0 Å². The molecule has 0 saturated heterocycles. The summed E-state index contributed by atoms with van der Waals surface area (Å²) in [4.78, 5) is 0. The molecule has 0 nitrogen and oxygen atoms in total. The van der Waals surface area contributed by atoms with Gasteiger partial charge in [-0.2, -0.15) is 0 Å². The van der Waals surface area contributed by atoms with Crippen molar-refractivity contribution in [2.45, 2.75) is 39.0 Å². The van der Waals surface area contributed by atoms with Crippen molar-refractivity contribution in [1.29, 1.82) is 0 Å². The van der Waals surface area contributed by atoms with Crippen LogP contribution in [0.5, 0.6) is 0 Å². The Bertz CT molecular complexity index is 555. The molecule has 0 spiro atoms. The van der Waals surface area contributed by atoms with E-state index in [1.54, 1.807) is 0 Å². The maximum absolute atomic E-state index is 6.95. The van der Waals surface area contributed by atoms with Crippen molar-refractivity contribution >= 4 is 11.6 Å². The number of rotatable bonds is 8. The van der Waals surface area contributed by atoms with Crippen LogP contribution in [-0.2, 0) is 0 Å². The zero-order valence-corrected chi connectivity index (χ0v) is 15.4. The van der Waals surface area contributed by atoms with Crippen molar-refractivity contribution in [3.8, 4) is 12.3 Å². The fourth-order valence-corrected chi connectivity index (χ4v) is 3.82. The summed E-state index contributed by atoms with van der Waals surface area (Å²) >= 11 is 6.95. The highest BCUT2D eigenvalue weighted by atomic mass is 35.5. The number of hydrogen-bond acceptors (Lipinski definition) is 0. The molecule has 0 aromatic carbocycles. The van der Waals surface area contributed by atoms with E-state index in [1.807, 2.05) is 6.08 Å². The first-order valence-electron chi connectivity index (χ1n) is 8.24. The topological polar surface area (TPSA) is 0 Å². The molecule has 0 fully saturated rings. The summed E-state index contributed by atoms with van der Waals surface area (Å²) in [5.41, 5.74) is 3.48. The van der Waals surface area contributed by atoms with Gasteiger partial charge in [0, 0.05) is 18.3 Å². The van der Waals surface area contributed by atoms with Crippen LogP contribution in [0.25, 0.3) is 0 Å². The Balaban J connectivity index is 3.13. The number of terminal acetylenes is 1. The first-order valence-corrected chi connectivity index (χ1v) is 8.68. The second-order valence-corrected chi connectivity index (χ2v) is 7.19. The summed E-state index contributed by atoms with van der Waals surface area (Å²) in [6.07, 6.45) is 15.6. The average molecular weight is 329 g/mol. The van der Waals surface area contributed by atoms with Gasteiger partial charge in [0.2, 0.25) is 0 Å². The molecule has 1 aliphatic rings. The van der Waals surface area contributed by atoms with Crippen LogP contribution in [-0.4, -0.2) is 5.38 Å². The van der Waals surface area contributed by atoms with Crippen molar-refractivity contribution in [2.24, 2.45) is 23.7 Å². The summed E-state index contributed by atoms with van der Waals surface area (Å²) in [7, 11) is 0. The molecule has 0 heterocycles. The molecule has 0 saturated carbocycles. The van der Waals surface area contributed by atoms with Crippen LogP contribution in [0.3, 0.4) is 0 Å².